The van der Waals surface area contributed by atoms with Gasteiger partial charge in [0.05, 0.1) is 0 Å². The van der Waals surface area contributed by atoms with E-state index in [0.717, 1.165) is 11.1 Å². The summed E-state index contributed by atoms with van der Waals surface area (Å²) in [4.78, 5) is 28.4. The van der Waals surface area contributed by atoms with Gasteiger partial charge in [0.1, 0.15) is 10.8 Å². The van der Waals surface area contributed by atoms with E-state index in [9.17, 15) is 14.0 Å². The number of carbonyl (C=O) groups excluding carboxylic acids is 2. The molecule has 0 atom stereocenters. The van der Waals surface area contributed by atoms with Gasteiger partial charge in [-0.2, -0.15) is 0 Å². The Morgan fingerprint density at radius 2 is 1.78 bits per heavy atom. The molecule has 7 heteroatoms. The monoisotopic (exact) mass is 384 g/mol. The quantitative estimate of drug-likeness (QED) is 0.664. The Balaban J connectivity index is 1.59. The van der Waals surface area contributed by atoms with E-state index in [1.54, 1.807) is 17.5 Å². The molecule has 0 aliphatic heterocycles. The fraction of sp³-hybridized carbons (Fsp3) is 0.150. The first kappa shape index (κ1) is 18.7. The van der Waals surface area contributed by atoms with Gasteiger partial charge in [-0.3, -0.25) is 4.79 Å². The molecule has 2 aromatic carbocycles. The number of rotatable bonds is 5. The van der Waals surface area contributed by atoms with Crippen molar-refractivity contribution in [2.24, 2.45) is 0 Å². The van der Waals surface area contributed by atoms with Crippen molar-refractivity contribution in [2.45, 2.75) is 13.8 Å². The summed E-state index contributed by atoms with van der Waals surface area (Å²) in [5.41, 5.74) is 3.38. The molecule has 0 bridgehead atoms. The van der Waals surface area contributed by atoms with E-state index in [2.05, 4.69) is 10.3 Å². The number of aromatic nitrogens is 1. The van der Waals surface area contributed by atoms with Crippen molar-refractivity contribution in [1.82, 2.24) is 4.98 Å². The van der Waals surface area contributed by atoms with E-state index in [1.807, 2.05) is 32.0 Å². The minimum absolute atomic E-state index is 0.110. The minimum Gasteiger partial charge on any atom is -0.451 e. The molecule has 3 rings (SSSR count). The normalized spacial score (nSPS) is 10.5. The third-order valence-corrected chi connectivity index (χ3v) is 4.78. The van der Waals surface area contributed by atoms with Crippen LogP contribution in [0.3, 0.4) is 0 Å². The lowest BCUT2D eigenvalue weighted by Gasteiger charge is -2.11. The lowest BCUT2D eigenvalue weighted by Crippen LogP contribution is -2.22. The first-order valence-corrected chi connectivity index (χ1v) is 9.06. The fourth-order valence-electron chi connectivity index (χ4n) is 2.48. The third kappa shape index (κ3) is 4.57. The molecule has 1 N–H and O–H groups in total. The molecule has 5 nitrogen and oxygen atoms in total. The number of amides is 1. The van der Waals surface area contributed by atoms with E-state index in [4.69, 9.17) is 4.74 Å². The molecule has 0 aliphatic rings. The van der Waals surface area contributed by atoms with Crippen molar-refractivity contribution < 1.29 is 18.7 Å². The molecule has 0 saturated carbocycles. The summed E-state index contributed by atoms with van der Waals surface area (Å²) in [6.07, 6.45) is 0. The standard InChI is InChI=1S/C20H17FN2O3S/c1-12-4-3-5-13(2)18(12)23-17(24)10-26-20(25)16-11-27-19(22-16)14-6-8-15(21)9-7-14/h3-9,11H,10H2,1-2H3,(H,23,24). The number of ether oxygens (including phenoxy) is 1. The number of nitrogens with zero attached hydrogens (tertiary/aromatic N) is 1. The summed E-state index contributed by atoms with van der Waals surface area (Å²) >= 11 is 1.24. The van der Waals surface area contributed by atoms with Gasteiger partial charge in [0.25, 0.3) is 5.91 Å². The average Bonchev–Trinajstić information content (AvgIpc) is 3.14. The predicted octanol–water partition coefficient (Wildman–Crippen LogP) is 4.36. The summed E-state index contributed by atoms with van der Waals surface area (Å²) in [6, 6.07) is 11.5. The molecule has 0 fully saturated rings. The highest BCUT2D eigenvalue weighted by Crippen LogP contribution is 2.24. The topological polar surface area (TPSA) is 68.3 Å². The van der Waals surface area contributed by atoms with Gasteiger partial charge in [-0.15, -0.1) is 11.3 Å². The smallest absolute Gasteiger partial charge is 0.358 e. The zero-order chi connectivity index (χ0) is 19.4. The van der Waals surface area contributed by atoms with Crippen LogP contribution < -0.4 is 5.32 Å². The highest BCUT2D eigenvalue weighted by Gasteiger charge is 2.16. The maximum atomic E-state index is 13.0. The number of hydrogen-bond donors (Lipinski definition) is 1. The van der Waals surface area contributed by atoms with Gasteiger partial charge in [0.2, 0.25) is 0 Å². The molecule has 1 aromatic heterocycles. The molecule has 1 heterocycles. The molecular weight excluding hydrogens is 367 g/mol. The summed E-state index contributed by atoms with van der Waals surface area (Å²) < 4.78 is 18.0. The number of carbonyl (C=O) groups is 2. The predicted molar refractivity (Wildman–Crippen MR) is 102 cm³/mol. The molecule has 0 saturated heterocycles. The van der Waals surface area contributed by atoms with Crippen molar-refractivity contribution >= 4 is 28.9 Å². The van der Waals surface area contributed by atoms with Crippen molar-refractivity contribution in [2.75, 3.05) is 11.9 Å². The number of thiazole rings is 1. The Hall–Kier alpha value is -3.06. The van der Waals surface area contributed by atoms with Gasteiger partial charge < -0.3 is 10.1 Å². The maximum absolute atomic E-state index is 13.0. The number of anilines is 1. The van der Waals surface area contributed by atoms with E-state index in [0.29, 0.717) is 16.3 Å². The molecule has 0 spiro atoms. The van der Waals surface area contributed by atoms with Crippen LogP contribution in [-0.4, -0.2) is 23.5 Å². The Bertz CT molecular complexity index is 963. The molecule has 1 amide bonds. The number of benzene rings is 2. The van der Waals surface area contributed by atoms with Crippen LogP contribution in [0.15, 0.2) is 47.8 Å². The number of para-hydroxylation sites is 1. The Labute approximate surface area is 159 Å². The van der Waals surface area contributed by atoms with E-state index >= 15 is 0 Å². The highest BCUT2D eigenvalue weighted by atomic mass is 32.1. The molecule has 0 radical (unpaired) electrons. The number of halogens is 1. The molecule has 27 heavy (non-hydrogen) atoms. The van der Waals surface area contributed by atoms with Gasteiger partial charge in [-0.25, -0.2) is 14.2 Å². The molecule has 3 aromatic rings. The lowest BCUT2D eigenvalue weighted by molar-refractivity contribution is -0.119. The number of nitrogens with one attached hydrogen (secondary N) is 1. The second-order valence-electron chi connectivity index (χ2n) is 5.94. The van der Waals surface area contributed by atoms with Crippen molar-refractivity contribution in [3.05, 3.63) is 70.5 Å². The molecule has 138 valence electrons. The zero-order valence-corrected chi connectivity index (χ0v) is 15.6. The number of hydrogen-bond acceptors (Lipinski definition) is 5. The van der Waals surface area contributed by atoms with Crippen molar-refractivity contribution in [3.8, 4) is 10.6 Å². The number of aryl methyl sites for hydroxylation is 2. The Morgan fingerprint density at radius 3 is 2.44 bits per heavy atom. The Morgan fingerprint density at radius 1 is 1.11 bits per heavy atom. The van der Waals surface area contributed by atoms with E-state index in [1.165, 1.54) is 23.5 Å². The summed E-state index contributed by atoms with van der Waals surface area (Å²) in [5.74, 6) is -1.45. The second kappa shape index (κ2) is 8.09. The van der Waals surface area contributed by atoms with Crippen LogP contribution in [0.25, 0.3) is 10.6 Å². The SMILES string of the molecule is Cc1cccc(C)c1NC(=O)COC(=O)c1csc(-c2ccc(F)cc2)n1. The summed E-state index contributed by atoms with van der Waals surface area (Å²) in [7, 11) is 0. The average molecular weight is 384 g/mol. The van der Waals surface area contributed by atoms with Gasteiger partial charge in [-0.05, 0) is 49.2 Å². The van der Waals surface area contributed by atoms with Gasteiger partial charge in [0.15, 0.2) is 12.3 Å². The van der Waals surface area contributed by atoms with Crippen LogP contribution in [-0.2, 0) is 9.53 Å². The lowest BCUT2D eigenvalue weighted by atomic mass is 10.1. The van der Waals surface area contributed by atoms with Crippen LogP contribution in [0.4, 0.5) is 10.1 Å². The minimum atomic E-state index is -0.684. The maximum Gasteiger partial charge on any atom is 0.358 e. The number of esters is 1. The van der Waals surface area contributed by atoms with Gasteiger partial charge >= 0.3 is 5.97 Å². The van der Waals surface area contributed by atoms with E-state index < -0.39 is 18.5 Å². The van der Waals surface area contributed by atoms with Crippen LogP contribution in [0.1, 0.15) is 21.6 Å². The second-order valence-corrected chi connectivity index (χ2v) is 6.79. The highest BCUT2D eigenvalue weighted by molar-refractivity contribution is 7.13. The van der Waals surface area contributed by atoms with Gasteiger partial charge in [-0.1, -0.05) is 18.2 Å². The van der Waals surface area contributed by atoms with Crippen LogP contribution in [0.2, 0.25) is 0 Å². The first-order valence-electron chi connectivity index (χ1n) is 8.18. The summed E-state index contributed by atoms with van der Waals surface area (Å²) in [6.45, 7) is 3.37. The van der Waals surface area contributed by atoms with Crippen molar-refractivity contribution in [1.29, 1.82) is 0 Å². The van der Waals surface area contributed by atoms with Crippen LogP contribution >= 0.6 is 11.3 Å². The largest absolute Gasteiger partial charge is 0.451 e. The van der Waals surface area contributed by atoms with E-state index in [-0.39, 0.29) is 11.5 Å². The van der Waals surface area contributed by atoms with Crippen LogP contribution in [0.5, 0.6) is 0 Å². The zero-order valence-electron chi connectivity index (χ0n) is 14.8. The molecular formula is C20H17FN2O3S. The third-order valence-electron chi connectivity index (χ3n) is 3.88. The molecule has 0 aliphatic carbocycles. The molecule has 0 unspecified atom stereocenters. The fourth-order valence-corrected chi connectivity index (χ4v) is 3.28. The first-order chi connectivity index (χ1) is 12.9. The van der Waals surface area contributed by atoms with Gasteiger partial charge in [0, 0.05) is 16.6 Å². The van der Waals surface area contributed by atoms with Crippen molar-refractivity contribution in [3.63, 3.8) is 0 Å². The summed E-state index contributed by atoms with van der Waals surface area (Å²) in [5, 5.41) is 4.87. The van der Waals surface area contributed by atoms with Crippen LogP contribution in [0, 0.1) is 19.7 Å². The Kier molecular flexibility index (Phi) is 5.61.